The van der Waals surface area contributed by atoms with E-state index in [0.717, 1.165) is 23.5 Å². The Balaban J connectivity index is 1.76. The summed E-state index contributed by atoms with van der Waals surface area (Å²) in [5.41, 5.74) is 3.86. The van der Waals surface area contributed by atoms with Crippen LogP contribution in [0.1, 0.15) is 45.4 Å². The van der Waals surface area contributed by atoms with Crippen molar-refractivity contribution in [3.05, 3.63) is 0 Å². The first kappa shape index (κ1) is 12.0. The van der Waals surface area contributed by atoms with Gasteiger partial charge in [0, 0.05) is 11.1 Å². The van der Waals surface area contributed by atoms with Gasteiger partial charge in [0.25, 0.3) is 0 Å². The number of nitrogens with one attached hydrogen (secondary N) is 1. The first-order valence-electron chi connectivity index (χ1n) is 7.00. The fourth-order valence-electron chi connectivity index (χ4n) is 4.85. The van der Waals surface area contributed by atoms with E-state index in [9.17, 15) is 4.79 Å². The molecule has 0 aromatic heterocycles. The van der Waals surface area contributed by atoms with E-state index in [2.05, 4.69) is 22.2 Å². The molecule has 0 unspecified atom stereocenters. The van der Waals surface area contributed by atoms with Gasteiger partial charge in [-0.1, -0.05) is 0 Å². The molecule has 4 heteroatoms. The fraction of sp³-hybridized carbons (Fsp3) is 0.857. The number of ether oxygens (including phenoxy) is 1. The van der Waals surface area contributed by atoms with Crippen molar-refractivity contribution >= 4 is 11.8 Å². The zero-order valence-electron chi connectivity index (χ0n) is 11.2. The van der Waals surface area contributed by atoms with Crippen LogP contribution in [0, 0.1) is 23.2 Å². The second-order valence-corrected chi connectivity index (χ2v) is 6.50. The standard InChI is InChI=1S/C14H22N2O2/c1-9(15-16-13(17)18-2)14-6-10-3-11(7-14)5-12(4-10)8-14/h10-12H,3-8H2,1-2H3,(H,16,17)/b15-9-. The van der Waals surface area contributed by atoms with E-state index in [4.69, 9.17) is 0 Å². The Morgan fingerprint density at radius 2 is 1.67 bits per heavy atom. The van der Waals surface area contributed by atoms with Crippen LogP contribution in [0.4, 0.5) is 4.79 Å². The minimum absolute atomic E-state index is 0.274. The van der Waals surface area contributed by atoms with Crippen LogP contribution in [0.2, 0.25) is 0 Å². The van der Waals surface area contributed by atoms with E-state index >= 15 is 0 Å². The molecule has 0 radical (unpaired) electrons. The number of hydrazone groups is 1. The number of nitrogens with zero attached hydrogens (tertiary/aromatic N) is 1. The number of amides is 1. The van der Waals surface area contributed by atoms with E-state index in [1.807, 2.05) is 0 Å². The van der Waals surface area contributed by atoms with E-state index in [-0.39, 0.29) is 5.41 Å². The minimum Gasteiger partial charge on any atom is -0.452 e. The molecule has 4 fully saturated rings. The largest absolute Gasteiger partial charge is 0.452 e. The molecule has 0 aliphatic heterocycles. The number of hydrogen-bond donors (Lipinski definition) is 1. The third kappa shape index (κ3) is 1.91. The summed E-state index contributed by atoms with van der Waals surface area (Å²) in [7, 11) is 1.37. The molecule has 4 bridgehead atoms. The van der Waals surface area contributed by atoms with E-state index in [0.29, 0.717) is 0 Å². The lowest BCUT2D eigenvalue weighted by Crippen LogP contribution is -2.49. The van der Waals surface area contributed by atoms with Gasteiger partial charge in [-0.3, -0.25) is 0 Å². The average Bonchev–Trinajstić information content (AvgIpc) is 2.33. The maximum Gasteiger partial charge on any atom is 0.427 e. The summed E-state index contributed by atoms with van der Waals surface area (Å²) in [6, 6.07) is 0. The van der Waals surface area contributed by atoms with Gasteiger partial charge in [-0.05, 0) is 63.2 Å². The molecular formula is C14H22N2O2. The van der Waals surface area contributed by atoms with Gasteiger partial charge in [0.05, 0.1) is 7.11 Å². The molecule has 18 heavy (non-hydrogen) atoms. The van der Waals surface area contributed by atoms with E-state index in [1.165, 1.54) is 45.6 Å². The summed E-state index contributed by atoms with van der Waals surface area (Å²) in [6.07, 6.45) is 7.63. The lowest BCUT2D eigenvalue weighted by Gasteiger charge is -2.56. The Morgan fingerprint density at radius 3 is 2.11 bits per heavy atom. The SMILES string of the molecule is COC(=O)N/N=C(/C)C12CC3CC(CC(C3)C1)C2. The zero-order chi connectivity index (χ0) is 12.8. The summed E-state index contributed by atoms with van der Waals surface area (Å²) < 4.78 is 4.56. The lowest BCUT2D eigenvalue weighted by molar-refractivity contribution is -0.0128. The van der Waals surface area contributed by atoms with Gasteiger partial charge in [0.1, 0.15) is 0 Å². The van der Waals surface area contributed by atoms with Crippen molar-refractivity contribution in [3.8, 4) is 0 Å². The predicted octanol–water partition coefficient (Wildman–Crippen LogP) is 2.93. The normalized spacial score (nSPS) is 41.9. The van der Waals surface area contributed by atoms with Crippen molar-refractivity contribution < 1.29 is 9.53 Å². The van der Waals surface area contributed by atoms with Crippen LogP contribution in [0.3, 0.4) is 0 Å². The highest BCUT2D eigenvalue weighted by Crippen LogP contribution is 2.60. The average molecular weight is 250 g/mol. The molecular weight excluding hydrogens is 228 g/mol. The Hall–Kier alpha value is -1.06. The molecule has 4 rings (SSSR count). The lowest BCUT2D eigenvalue weighted by atomic mass is 9.48. The monoisotopic (exact) mass is 250 g/mol. The molecule has 4 aliphatic carbocycles. The van der Waals surface area contributed by atoms with Gasteiger partial charge in [0.15, 0.2) is 0 Å². The predicted molar refractivity (Wildman–Crippen MR) is 69.3 cm³/mol. The molecule has 4 aliphatic rings. The molecule has 100 valence electrons. The molecule has 1 N–H and O–H groups in total. The van der Waals surface area contributed by atoms with Gasteiger partial charge in [-0.2, -0.15) is 5.10 Å². The van der Waals surface area contributed by atoms with Gasteiger partial charge in [0.2, 0.25) is 0 Å². The maximum atomic E-state index is 11.1. The van der Waals surface area contributed by atoms with Crippen LogP contribution in [-0.4, -0.2) is 18.9 Å². The molecule has 0 aromatic carbocycles. The van der Waals surface area contributed by atoms with Crippen LogP contribution in [-0.2, 0) is 4.74 Å². The highest BCUT2D eigenvalue weighted by atomic mass is 16.5. The van der Waals surface area contributed by atoms with Crippen molar-refractivity contribution in [2.75, 3.05) is 7.11 Å². The van der Waals surface area contributed by atoms with Crippen molar-refractivity contribution in [2.24, 2.45) is 28.3 Å². The van der Waals surface area contributed by atoms with Gasteiger partial charge in [-0.25, -0.2) is 10.2 Å². The first-order chi connectivity index (χ1) is 8.61. The van der Waals surface area contributed by atoms with Crippen molar-refractivity contribution in [1.82, 2.24) is 5.43 Å². The number of methoxy groups -OCH3 is 1. The molecule has 4 saturated carbocycles. The Labute approximate surface area is 108 Å². The summed E-state index contributed by atoms with van der Waals surface area (Å²) >= 11 is 0. The van der Waals surface area contributed by atoms with Crippen molar-refractivity contribution in [3.63, 3.8) is 0 Å². The van der Waals surface area contributed by atoms with E-state index in [1.54, 1.807) is 0 Å². The minimum atomic E-state index is -0.473. The van der Waals surface area contributed by atoms with Crippen LogP contribution in [0.5, 0.6) is 0 Å². The highest BCUT2D eigenvalue weighted by Gasteiger charge is 2.52. The second-order valence-electron chi connectivity index (χ2n) is 6.50. The molecule has 0 saturated heterocycles. The summed E-state index contributed by atoms with van der Waals surface area (Å²) in [4.78, 5) is 11.1. The molecule has 0 atom stereocenters. The number of hydrogen-bond acceptors (Lipinski definition) is 3. The third-order valence-electron chi connectivity index (χ3n) is 5.31. The van der Waals surface area contributed by atoms with Crippen LogP contribution in [0.25, 0.3) is 0 Å². The molecule has 1 amide bonds. The van der Waals surface area contributed by atoms with E-state index < -0.39 is 6.09 Å². The quantitative estimate of drug-likeness (QED) is 0.605. The summed E-state index contributed by atoms with van der Waals surface area (Å²) in [5.74, 6) is 2.71. The smallest absolute Gasteiger partial charge is 0.427 e. The van der Waals surface area contributed by atoms with Crippen molar-refractivity contribution in [2.45, 2.75) is 45.4 Å². The topological polar surface area (TPSA) is 50.7 Å². The Bertz CT molecular complexity index is 354. The van der Waals surface area contributed by atoms with Gasteiger partial charge >= 0.3 is 6.09 Å². The third-order valence-corrected chi connectivity index (χ3v) is 5.31. The molecule has 0 aromatic rings. The number of carbonyl (C=O) groups excluding carboxylic acids is 1. The van der Waals surface area contributed by atoms with Gasteiger partial charge in [-0.15, -0.1) is 0 Å². The Kier molecular flexibility index (Phi) is 2.83. The summed E-state index contributed by atoms with van der Waals surface area (Å²) in [5, 5.41) is 4.28. The second kappa shape index (κ2) is 4.25. The zero-order valence-corrected chi connectivity index (χ0v) is 11.2. The Morgan fingerprint density at radius 1 is 1.17 bits per heavy atom. The first-order valence-corrected chi connectivity index (χ1v) is 7.00. The summed E-state index contributed by atoms with van der Waals surface area (Å²) in [6.45, 7) is 2.07. The van der Waals surface area contributed by atoms with Crippen LogP contribution in [0.15, 0.2) is 5.10 Å². The van der Waals surface area contributed by atoms with Crippen LogP contribution < -0.4 is 5.43 Å². The van der Waals surface area contributed by atoms with Crippen LogP contribution >= 0.6 is 0 Å². The molecule has 0 heterocycles. The van der Waals surface area contributed by atoms with Crippen molar-refractivity contribution in [1.29, 1.82) is 0 Å². The fourth-order valence-corrected chi connectivity index (χ4v) is 4.85. The molecule has 0 spiro atoms. The number of carbonyl (C=O) groups is 1. The number of rotatable bonds is 2. The van der Waals surface area contributed by atoms with Gasteiger partial charge < -0.3 is 4.74 Å². The maximum absolute atomic E-state index is 11.1. The molecule has 4 nitrogen and oxygen atoms in total. The highest BCUT2D eigenvalue weighted by molar-refractivity contribution is 5.89.